The average Bonchev–Trinajstić information content (AvgIpc) is 2.30. The number of hydrogen-bond acceptors (Lipinski definition) is 4. The summed E-state index contributed by atoms with van der Waals surface area (Å²) in [5.74, 6) is 0.299. The molecule has 2 aromatic rings. The van der Waals surface area contributed by atoms with E-state index in [4.69, 9.17) is 5.73 Å². The molecule has 2 rings (SSSR count). The zero-order chi connectivity index (χ0) is 12.5. The minimum Gasteiger partial charge on any atom is -0.384 e. The maximum absolute atomic E-state index is 12.2. The highest BCUT2D eigenvalue weighted by Crippen LogP contribution is 2.20. The molecule has 0 radical (unpaired) electrons. The van der Waals surface area contributed by atoms with Crippen LogP contribution in [0.2, 0.25) is 0 Å². The second-order valence-corrected chi connectivity index (χ2v) is 5.68. The standard InChI is InChI=1S/C12H12N2O2S/c1-9-2-4-10(5-3-9)17(15,16)11-6-7-12(13)14-8-11/h2-8H,1H3,(H2,13,14). The number of rotatable bonds is 2. The van der Waals surface area contributed by atoms with E-state index in [1.807, 2.05) is 6.92 Å². The molecular weight excluding hydrogens is 236 g/mol. The maximum Gasteiger partial charge on any atom is 0.208 e. The van der Waals surface area contributed by atoms with Crippen molar-refractivity contribution in [2.24, 2.45) is 0 Å². The summed E-state index contributed by atoms with van der Waals surface area (Å²) < 4.78 is 24.4. The van der Waals surface area contributed by atoms with Crippen LogP contribution in [0.5, 0.6) is 0 Å². The first-order valence-electron chi connectivity index (χ1n) is 5.03. The number of hydrogen-bond donors (Lipinski definition) is 1. The van der Waals surface area contributed by atoms with E-state index >= 15 is 0 Å². The van der Waals surface area contributed by atoms with Crippen molar-refractivity contribution in [2.75, 3.05) is 5.73 Å². The Hall–Kier alpha value is -1.88. The van der Waals surface area contributed by atoms with Gasteiger partial charge in [0, 0.05) is 6.20 Å². The van der Waals surface area contributed by atoms with Gasteiger partial charge in [0.2, 0.25) is 9.84 Å². The number of nitrogens with two attached hydrogens (primary N) is 1. The van der Waals surface area contributed by atoms with E-state index in [0.29, 0.717) is 5.82 Å². The Morgan fingerprint density at radius 2 is 1.59 bits per heavy atom. The molecule has 0 aliphatic heterocycles. The van der Waals surface area contributed by atoms with E-state index in [-0.39, 0.29) is 9.79 Å². The Balaban J connectivity index is 2.50. The molecule has 4 nitrogen and oxygen atoms in total. The predicted molar refractivity (Wildman–Crippen MR) is 65.3 cm³/mol. The minimum absolute atomic E-state index is 0.149. The molecule has 0 saturated carbocycles. The third-order valence-corrected chi connectivity index (χ3v) is 4.16. The molecule has 1 aromatic carbocycles. The zero-order valence-corrected chi connectivity index (χ0v) is 10.1. The van der Waals surface area contributed by atoms with Crippen LogP contribution in [0, 0.1) is 6.92 Å². The Labute approximate surface area is 100 Å². The number of pyridine rings is 1. The van der Waals surface area contributed by atoms with Crippen LogP contribution < -0.4 is 5.73 Å². The van der Waals surface area contributed by atoms with E-state index in [0.717, 1.165) is 5.56 Å². The van der Waals surface area contributed by atoms with Gasteiger partial charge < -0.3 is 5.73 Å². The van der Waals surface area contributed by atoms with E-state index in [1.54, 1.807) is 24.3 Å². The van der Waals surface area contributed by atoms with E-state index in [1.165, 1.54) is 18.3 Å². The SMILES string of the molecule is Cc1ccc(S(=O)(=O)c2ccc(N)nc2)cc1. The van der Waals surface area contributed by atoms with Crippen LogP contribution in [0.15, 0.2) is 52.4 Å². The zero-order valence-electron chi connectivity index (χ0n) is 9.29. The summed E-state index contributed by atoms with van der Waals surface area (Å²) in [6.45, 7) is 1.90. The molecule has 0 fully saturated rings. The van der Waals surface area contributed by atoms with Crippen LogP contribution in [-0.2, 0) is 9.84 Å². The lowest BCUT2D eigenvalue weighted by Gasteiger charge is -2.04. The third-order valence-electron chi connectivity index (χ3n) is 2.40. The van der Waals surface area contributed by atoms with Crippen molar-refractivity contribution in [2.45, 2.75) is 16.7 Å². The van der Waals surface area contributed by atoms with Gasteiger partial charge in [0.25, 0.3) is 0 Å². The van der Waals surface area contributed by atoms with Crippen molar-refractivity contribution < 1.29 is 8.42 Å². The van der Waals surface area contributed by atoms with Crippen LogP contribution >= 0.6 is 0 Å². The first-order chi connectivity index (χ1) is 8.00. The Kier molecular flexibility index (Phi) is 2.85. The third kappa shape index (κ3) is 2.29. The summed E-state index contributed by atoms with van der Waals surface area (Å²) in [6, 6.07) is 9.62. The predicted octanol–water partition coefficient (Wildman–Crippen LogP) is 1.81. The highest BCUT2D eigenvalue weighted by molar-refractivity contribution is 7.91. The molecule has 1 aromatic heterocycles. The number of nitrogens with zero attached hydrogens (tertiary/aromatic N) is 1. The molecule has 0 spiro atoms. The van der Waals surface area contributed by atoms with Crippen LogP contribution in [-0.4, -0.2) is 13.4 Å². The van der Waals surface area contributed by atoms with Gasteiger partial charge in [-0.1, -0.05) is 17.7 Å². The van der Waals surface area contributed by atoms with Gasteiger partial charge >= 0.3 is 0 Å². The molecule has 0 amide bonds. The monoisotopic (exact) mass is 248 g/mol. The molecule has 0 bridgehead atoms. The first kappa shape index (κ1) is 11.6. The second kappa shape index (κ2) is 4.18. The molecule has 2 N–H and O–H groups in total. The van der Waals surface area contributed by atoms with Gasteiger partial charge in [-0.05, 0) is 31.2 Å². The summed E-state index contributed by atoms with van der Waals surface area (Å²) >= 11 is 0. The molecule has 0 atom stereocenters. The Morgan fingerprint density at radius 1 is 1.00 bits per heavy atom. The molecule has 0 aliphatic carbocycles. The summed E-state index contributed by atoms with van der Waals surface area (Å²) in [4.78, 5) is 4.19. The van der Waals surface area contributed by atoms with Crippen LogP contribution in [0.3, 0.4) is 0 Å². The first-order valence-corrected chi connectivity index (χ1v) is 6.52. The number of aromatic nitrogens is 1. The Morgan fingerprint density at radius 3 is 2.12 bits per heavy atom. The van der Waals surface area contributed by atoms with Gasteiger partial charge in [0.15, 0.2) is 0 Å². The van der Waals surface area contributed by atoms with E-state index in [2.05, 4.69) is 4.98 Å². The average molecular weight is 248 g/mol. The minimum atomic E-state index is -3.49. The van der Waals surface area contributed by atoms with E-state index < -0.39 is 9.84 Å². The fraction of sp³-hybridized carbons (Fsp3) is 0.0833. The van der Waals surface area contributed by atoms with Crippen LogP contribution in [0.25, 0.3) is 0 Å². The summed E-state index contributed by atoms with van der Waals surface area (Å²) in [5, 5.41) is 0. The van der Waals surface area contributed by atoms with Gasteiger partial charge in [0.05, 0.1) is 9.79 Å². The van der Waals surface area contributed by atoms with E-state index in [9.17, 15) is 8.42 Å². The van der Waals surface area contributed by atoms with Gasteiger partial charge in [-0.2, -0.15) is 0 Å². The van der Waals surface area contributed by atoms with Crippen molar-refractivity contribution in [3.05, 3.63) is 48.2 Å². The van der Waals surface area contributed by atoms with Crippen molar-refractivity contribution >= 4 is 15.7 Å². The van der Waals surface area contributed by atoms with Crippen molar-refractivity contribution in [3.8, 4) is 0 Å². The molecule has 17 heavy (non-hydrogen) atoms. The lowest BCUT2D eigenvalue weighted by Crippen LogP contribution is -2.03. The van der Waals surface area contributed by atoms with Crippen molar-refractivity contribution in [3.63, 3.8) is 0 Å². The normalized spacial score (nSPS) is 11.4. The maximum atomic E-state index is 12.2. The molecule has 0 aliphatic rings. The van der Waals surface area contributed by atoms with Crippen molar-refractivity contribution in [1.29, 1.82) is 0 Å². The number of benzene rings is 1. The highest BCUT2D eigenvalue weighted by atomic mass is 32.2. The highest BCUT2D eigenvalue weighted by Gasteiger charge is 2.17. The number of sulfone groups is 1. The molecule has 0 saturated heterocycles. The number of aryl methyl sites for hydroxylation is 1. The molecule has 5 heteroatoms. The quantitative estimate of drug-likeness (QED) is 0.879. The van der Waals surface area contributed by atoms with Crippen LogP contribution in [0.1, 0.15) is 5.56 Å². The largest absolute Gasteiger partial charge is 0.384 e. The summed E-state index contributed by atoms with van der Waals surface area (Å²) in [7, 11) is -3.49. The van der Waals surface area contributed by atoms with Crippen LogP contribution in [0.4, 0.5) is 5.82 Å². The number of anilines is 1. The Bertz CT molecular complexity index is 565. The number of nitrogen functional groups attached to an aromatic ring is 1. The molecule has 0 unspecified atom stereocenters. The molecule has 88 valence electrons. The molecular formula is C12H12N2O2S. The smallest absolute Gasteiger partial charge is 0.208 e. The second-order valence-electron chi connectivity index (χ2n) is 3.74. The van der Waals surface area contributed by atoms with Gasteiger partial charge in [-0.3, -0.25) is 0 Å². The van der Waals surface area contributed by atoms with Crippen molar-refractivity contribution in [1.82, 2.24) is 4.98 Å². The fourth-order valence-electron chi connectivity index (χ4n) is 1.40. The fourth-order valence-corrected chi connectivity index (χ4v) is 2.61. The molecule has 1 heterocycles. The van der Waals surface area contributed by atoms with Gasteiger partial charge in [-0.15, -0.1) is 0 Å². The van der Waals surface area contributed by atoms with Gasteiger partial charge in [-0.25, -0.2) is 13.4 Å². The lowest BCUT2D eigenvalue weighted by molar-refractivity contribution is 0.595. The summed E-state index contributed by atoms with van der Waals surface area (Å²) in [5.41, 5.74) is 6.44. The lowest BCUT2D eigenvalue weighted by atomic mass is 10.2. The van der Waals surface area contributed by atoms with Gasteiger partial charge in [0.1, 0.15) is 5.82 Å². The topological polar surface area (TPSA) is 73.0 Å². The summed E-state index contributed by atoms with van der Waals surface area (Å²) in [6.07, 6.45) is 1.27.